The zero-order valence-electron chi connectivity index (χ0n) is 9.38. The molecule has 0 fully saturated rings. The van der Waals surface area contributed by atoms with Crippen LogP contribution in [0.15, 0.2) is 35.4 Å². The molecular weight excluding hydrogens is 204 g/mol. The maximum Gasteiger partial charge on any atom is 0.331 e. The van der Waals surface area contributed by atoms with E-state index < -0.39 is 0 Å². The number of esters is 1. The first-order valence-corrected chi connectivity index (χ1v) is 5.18. The molecule has 0 aliphatic carbocycles. The summed E-state index contributed by atoms with van der Waals surface area (Å²) in [6.45, 7) is 1.92. The Bertz CT molecular complexity index is 414. The van der Waals surface area contributed by atoms with E-state index in [0.717, 1.165) is 11.4 Å². The van der Waals surface area contributed by atoms with Gasteiger partial charge < -0.3 is 4.74 Å². The third-order valence-corrected chi connectivity index (χ3v) is 2.56. The lowest BCUT2D eigenvalue weighted by Crippen LogP contribution is -2.35. The van der Waals surface area contributed by atoms with Crippen molar-refractivity contribution in [3.05, 3.63) is 30.3 Å². The first-order valence-electron chi connectivity index (χ1n) is 5.18. The highest BCUT2D eigenvalue weighted by Crippen LogP contribution is 2.24. The van der Waals surface area contributed by atoms with Gasteiger partial charge in [-0.2, -0.15) is 5.10 Å². The van der Waals surface area contributed by atoms with E-state index in [9.17, 15) is 4.79 Å². The highest BCUT2D eigenvalue weighted by Gasteiger charge is 2.32. The summed E-state index contributed by atoms with van der Waals surface area (Å²) in [5.41, 5.74) is 1.86. The molecule has 0 radical (unpaired) electrons. The lowest BCUT2D eigenvalue weighted by molar-refractivity contribution is -0.141. The van der Waals surface area contributed by atoms with Gasteiger partial charge in [-0.05, 0) is 19.1 Å². The van der Waals surface area contributed by atoms with E-state index in [2.05, 4.69) is 5.10 Å². The Hall–Kier alpha value is -1.84. The van der Waals surface area contributed by atoms with E-state index >= 15 is 0 Å². The lowest BCUT2D eigenvalue weighted by atomic mass is 10.1. The van der Waals surface area contributed by atoms with Crippen LogP contribution in [0.4, 0.5) is 5.69 Å². The summed E-state index contributed by atoms with van der Waals surface area (Å²) in [4.78, 5) is 11.6. The summed E-state index contributed by atoms with van der Waals surface area (Å²) in [6, 6.07) is 9.31. The van der Waals surface area contributed by atoms with Crippen LogP contribution in [0.3, 0.4) is 0 Å². The van der Waals surface area contributed by atoms with E-state index in [0.29, 0.717) is 6.42 Å². The van der Waals surface area contributed by atoms with Crippen molar-refractivity contribution in [3.8, 4) is 0 Å². The third kappa shape index (κ3) is 1.91. The van der Waals surface area contributed by atoms with Gasteiger partial charge in [-0.1, -0.05) is 18.2 Å². The molecule has 4 nitrogen and oxygen atoms in total. The molecule has 0 bridgehead atoms. The second-order valence-corrected chi connectivity index (χ2v) is 3.76. The van der Waals surface area contributed by atoms with E-state index in [-0.39, 0.29) is 12.0 Å². The third-order valence-electron chi connectivity index (χ3n) is 2.56. The van der Waals surface area contributed by atoms with Crippen molar-refractivity contribution in [2.75, 3.05) is 12.1 Å². The minimum Gasteiger partial charge on any atom is -0.467 e. The van der Waals surface area contributed by atoms with Crippen molar-refractivity contribution in [2.45, 2.75) is 19.4 Å². The molecule has 16 heavy (non-hydrogen) atoms. The summed E-state index contributed by atoms with van der Waals surface area (Å²) in [7, 11) is 1.40. The minimum absolute atomic E-state index is 0.246. The number of nitrogens with zero attached hydrogens (tertiary/aromatic N) is 2. The SMILES string of the molecule is COC(=O)C1CC(C)=NN1c1ccccc1. The molecule has 1 aromatic rings. The average Bonchev–Trinajstić information content (AvgIpc) is 2.71. The molecule has 2 rings (SSSR count). The average molecular weight is 218 g/mol. The Kier molecular flexibility index (Phi) is 2.90. The quantitative estimate of drug-likeness (QED) is 0.711. The maximum atomic E-state index is 11.6. The van der Waals surface area contributed by atoms with Gasteiger partial charge in [0, 0.05) is 12.1 Å². The number of methoxy groups -OCH3 is 1. The van der Waals surface area contributed by atoms with Gasteiger partial charge in [-0.25, -0.2) is 4.79 Å². The molecule has 0 saturated heterocycles. The van der Waals surface area contributed by atoms with Gasteiger partial charge in [-0.15, -0.1) is 0 Å². The van der Waals surface area contributed by atoms with Gasteiger partial charge in [0.2, 0.25) is 0 Å². The van der Waals surface area contributed by atoms with E-state index in [1.807, 2.05) is 37.3 Å². The number of hydrogen-bond acceptors (Lipinski definition) is 4. The van der Waals surface area contributed by atoms with Crippen molar-refractivity contribution >= 4 is 17.4 Å². The summed E-state index contributed by atoms with van der Waals surface area (Å²) in [5, 5.41) is 6.08. The predicted molar refractivity (Wildman–Crippen MR) is 62.5 cm³/mol. The normalized spacial score (nSPS) is 19.5. The molecule has 0 saturated carbocycles. The fourth-order valence-corrected chi connectivity index (χ4v) is 1.80. The molecular formula is C12H14N2O2. The molecule has 1 unspecified atom stereocenters. The van der Waals surface area contributed by atoms with Gasteiger partial charge in [0.05, 0.1) is 12.8 Å². The first-order chi connectivity index (χ1) is 7.72. The summed E-state index contributed by atoms with van der Waals surface area (Å²) in [5.74, 6) is -0.246. The number of anilines is 1. The Morgan fingerprint density at radius 2 is 2.12 bits per heavy atom. The predicted octanol–water partition coefficient (Wildman–Crippen LogP) is 1.81. The Balaban J connectivity index is 2.28. The summed E-state index contributed by atoms with van der Waals surface area (Å²) in [6.07, 6.45) is 0.627. The fraction of sp³-hybridized carbons (Fsp3) is 0.333. The Morgan fingerprint density at radius 3 is 2.75 bits per heavy atom. The van der Waals surface area contributed by atoms with Crippen molar-refractivity contribution < 1.29 is 9.53 Å². The van der Waals surface area contributed by atoms with Gasteiger partial charge in [0.15, 0.2) is 6.04 Å². The molecule has 84 valence electrons. The summed E-state index contributed by atoms with van der Waals surface area (Å²) >= 11 is 0. The molecule has 4 heteroatoms. The number of carbonyl (C=O) groups is 1. The molecule has 1 aliphatic rings. The maximum absolute atomic E-state index is 11.6. The smallest absolute Gasteiger partial charge is 0.331 e. The second kappa shape index (κ2) is 4.35. The van der Waals surface area contributed by atoms with E-state index in [4.69, 9.17) is 4.74 Å². The van der Waals surface area contributed by atoms with Crippen LogP contribution in [0, 0.1) is 0 Å². The molecule has 0 N–H and O–H groups in total. The number of hydrazone groups is 1. The number of carbonyl (C=O) groups excluding carboxylic acids is 1. The summed E-state index contributed by atoms with van der Waals surface area (Å²) < 4.78 is 4.78. The molecule has 0 aromatic heterocycles. The van der Waals surface area contributed by atoms with E-state index in [1.54, 1.807) is 5.01 Å². The monoisotopic (exact) mass is 218 g/mol. The van der Waals surface area contributed by atoms with Crippen LogP contribution in [-0.2, 0) is 9.53 Å². The Labute approximate surface area is 94.5 Å². The van der Waals surface area contributed by atoms with Crippen LogP contribution in [0.25, 0.3) is 0 Å². The number of benzene rings is 1. The van der Waals surface area contributed by atoms with Crippen LogP contribution in [0.5, 0.6) is 0 Å². The molecule has 1 aliphatic heterocycles. The zero-order valence-corrected chi connectivity index (χ0v) is 9.38. The molecule has 1 aromatic carbocycles. The van der Waals surface area contributed by atoms with Gasteiger partial charge >= 0.3 is 5.97 Å². The Morgan fingerprint density at radius 1 is 1.44 bits per heavy atom. The van der Waals surface area contributed by atoms with Crippen LogP contribution >= 0.6 is 0 Å². The number of ether oxygens (including phenoxy) is 1. The van der Waals surface area contributed by atoms with E-state index in [1.165, 1.54) is 7.11 Å². The zero-order chi connectivity index (χ0) is 11.5. The van der Waals surface area contributed by atoms with Gasteiger partial charge in [0.1, 0.15) is 0 Å². The number of hydrogen-bond donors (Lipinski definition) is 0. The van der Waals surface area contributed by atoms with Crippen LogP contribution < -0.4 is 5.01 Å². The van der Waals surface area contributed by atoms with Crippen LogP contribution in [0.1, 0.15) is 13.3 Å². The highest BCUT2D eigenvalue weighted by atomic mass is 16.5. The molecule has 1 atom stereocenters. The van der Waals surface area contributed by atoms with Crippen LogP contribution in [-0.4, -0.2) is 24.8 Å². The van der Waals surface area contributed by atoms with Gasteiger partial charge in [-0.3, -0.25) is 5.01 Å². The molecule has 1 heterocycles. The highest BCUT2D eigenvalue weighted by molar-refractivity contribution is 5.94. The molecule has 0 spiro atoms. The van der Waals surface area contributed by atoms with Gasteiger partial charge in [0.25, 0.3) is 0 Å². The first kappa shape index (κ1) is 10.7. The largest absolute Gasteiger partial charge is 0.467 e. The number of rotatable bonds is 2. The van der Waals surface area contributed by atoms with Crippen molar-refractivity contribution in [3.63, 3.8) is 0 Å². The standard InChI is InChI=1S/C12H14N2O2/c1-9-8-11(12(15)16-2)14(13-9)10-6-4-3-5-7-10/h3-7,11H,8H2,1-2H3. The van der Waals surface area contributed by atoms with Crippen molar-refractivity contribution in [1.82, 2.24) is 0 Å². The fourth-order valence-electron chi connectivity index (χ4n) is 1.80. The lowest BCUT2D eigenvalue weighted by Gasteiger charge is -2.21. The number of para-hydroxylation sites is 1. The van der Waals surface area contributed by atoms with Crippen molar-refractivity contribution in [1.29, 1.82) is 0 Å². The van der Waals surface area contributed by atoms with Crippen molar-refractivity contribution in [2.24, 2.45) is 5.10 Å². The minimum atomic E-state index is -0.326. The van der Waals surface area contributed by atoms with Crippen LogP contribution in [0.2, 0.25) is 0 Å². The topological polar surface area (TPSA) is 41.9 Å². The second-order valence-electron chi connectivity index (χ2n) is 3.76. The molecule has 0 amide bonds.